The summed E-state index contributed by atoms with van der Waals surface area (Å²) in [5.41, 5.74) is 2.83. The summed E-state index contributed by atoms with van der Waals surface area (Å²) < 4.78 is 12.1. The number of halogens is 2. The molecule has 18 heavy (non-hydrogen) atoms. The Balaban J connectivity index is 2.04. The molecule has 0 aliphatic rings. The van der Waals surface area contributed by atoms with E-state index < -0.39 is 10.8 Å². The zero-order valence-corrected chi connectivity index (χ0v) is 12.8. The monoisotopic (exact) mass is 319 g/mol. The second-order valence-corrected chi connectivity index (χ2v) is 7.06. The summed E-state index contributed by atoms with van der Waals surface area (Å²) in [6.45, 7) is 1.97. The Labute approximate surface area is 122 Å². The van der Waals surface area contributed by atoms with Crippen LogP contribution in [0, 0.1) is 6.92 Å². The average molecular weight is 320 g/mol. The summed E-state index contributed by atoms with van der Waals surface area (Å²) in [6.07, 6.45) is 0.767. The Bertz CT molecular complexity index is 583. The number of rotatable bonds is 4. The van der Waals surface area contributed by atoms with Gasteiger partial charge in [0.2, 0.25) is 0 Å². The smallest absolute Gasteiger partial charge is 0.0797 e. The lowest BCUT2D eigenvalue weighted by Gasteiger charge is -2.03. The van der Waals surface area contributed by atoms with Gasteiger partial charge in [-0.05, 0) is 31.5 Å². The number of thiazole rings is 1. The van der Waals surface area contributed by atoms with Crippen LogP contribution in [-0.2, 0) is 17.2 Å². The lowest BCUT2D eigenvalue weighted by atomic mass is 10.3. The molecule has 2 nitrogen and oxygen atoms in total. The third kappa shape index (κ3) is 3.32. The van der Waals surface area contributed by atoms with E-state index in [1.165, 1.54) is 4.88 Å². The minimum absolute atomic E-state index is 0.441. The molecule has 0 bridgehead atoms. The molecule has 0 aliphatic heterocycles. The van der Waals surface area contributed by atoms with Crippen LogP contribution in [0.1, 0.15) is 10.6 Å². The Morgan fingerprint density at radius 3 is 2.72 bits per heavy atom. The third-order valence-electron chi connectivity index (χ3n) is 2.51. The Morgan fingerprint density at radius 2 is 2.11 bits per heavy atom. The van der Waals surface area contributed by atoms with Crippen molar-refractivity contribution < 1.29 is 4.21 Å². The Kier molecular flexibility index (Phi) is 4.78. The number of aryl methyl sites for hydroxylation is 2. The molecule has 0 saturated heterocycles. The predicted molar refractivity (Wildman–Crippen MR) is 78.3 cm³/mol. The van der Waals surface area contributed by atoms with Crippen LogP contribution >= 0.6 is 34.5 Å². The van der Waals surface area contributed by atoms with Crippen LogP contribution in [0.3, 0.4) is 0 Å². The fourth-order valence-corrected chi connectivity index (χ4v) is 3.86. The molecule has 0 N–H and O–H groups in total. The van der Waals surface area contributed by atoms with Crippen LogP contribution < -0.4 is 0 Å². The molecule has 2 rings (SSSR count). The van der Waals surface area contributed by atoms with Crippen molar-refractivity contribution in [3.05, 3.63) is 44.3 Å². The molecule has 0 radical (unpaired) electrons. The number of hydrogen-bond acceptors (Lipinski definition) is 3. The summed E-state index contributed by atoms with van der Waals surface area (Å²) in [5, 5.41) is 0.923. The molecule has 2 aromatic rings. The first-order valence-electron chi connectivity index (χ1n) is 5.30. The van der Waals surface area contributed by atoms with Crippen LogP contribution in [0.4, 0.5) is 0 Å². The lowest BCUT2D eigenvalue weighted by Crippen LogP contribution is -2.01. The van der Waals surface area contributed by atoms with E-state index in [2.05, 4.69) is 4.98 Å². The van der Waals surface area contributed by atoms with Gasteiger partial charge in [0.1, 0.15) is 0 Å². The van der Waals surface area contributed by atoms with Crippen LogP contribution in [0.5, 0.6) is 0 Å². The van der Waals surface area contributed by atoms with E-state index in [1.54, 1.807) is 29.5 Å². The maximum atomic E-state index is 12.1. The van der Waals surface area contributed by atoms with E-state index in [4.69, 9.17) is 23.2 Å². The molecule has 6 heteroatoms. The topological polar surface area (TPSA) is 30.0 Å². The van der Waals surface area contributed by atoms with Gasteiger partial charge in [0.15, 0.2) is 0 Å². The Hall–Kier alpha value is -0.420. The molecule has 0 saturated carbocycles. The third-order valence-corrected chi connectivity index (χ3v) is 5.60. The maximum absolute atomic E-state index is 12.1. The summed E-state index contributed by atoms with van der Waals surface area (Å²) >= 11 is 13.3. The minimum Gasteiger partial charge on any atom is -0.254 e. The first-order chi connectivity index (χ1) is 8.58. The molecule has 1 heterocycles. The van der Waals surface area contributed by atoms with Gasteiger partial charge in [0.05, 0.1) is 32.0 Å². The van der Waals surface area contributed by atoms with Gasteiger partial charge in [-0.3, -0.25) is 4.21 Å². The molecular weight excluding hydrogens is 309 g/mol. The van der Waals surface area contributed by atoms with Gasteiger partial charge in [0.25, 0.3) is 0 Å². The van der Waals surface area contributed by atoms with E-state index >= 15 is 0 Å². The number of aromatic nitrogens is 1. The van der Waals surface area contributed by atoms with E-state index in [0.29, 0.717) is 20.7 Å². The molecule has 96 valence electrons. The van der Waals surface area contributed by atoms with Crippen LogP contribution in [0.25, 0.3) is 0 Å². The van der Waals surface area contributed by atoms with Gasteiger partial charge < -0.3 is 0 Å². The number of hydrogen-bond donors (Lipinski definition) is 0. The highest BCUT2D eigenvalue weighted by Crippen LogP contribution is 2.24. The second kappa shape index (κ2) is 6.15. The molecule has 0 fully saturated rings. The maximum Gasteiger partial charge on any atom is 0.0797 e. The van der Waals surface area contributed by atoms with Crippen molar-refractivity contribution in [3.8, 4) is 0 Å². The summed E-state index contributed by atoms with van der Waals surface area (Å²) in [6, 6.07) is 5.10. The quantitative estimate of drug-likeness (QED) is 0.848. The highest BCUT2D eigenvalue weighted by Gasteiger charge is 2.09. The largest absolute Gasteiger partial charge is 0.254 e. The SMILES string of the molecule is Cc1ncsc1CCS(=O)c1ccc(Cl)c(Cl)c1. The van der Waals surface area contributed by atoms with Crippen molar-refractivity contribution in [2.45, 2.75) is 18.2 Å². The molecule has 1 atom stereocenters. The molecule has 1 aromatic heterocycles. The van der Waals surface area contributed by atoms with Gasteiger partial charge in [-0.25, -0.2) is 4.98 Å². The fourth-order valence-electron chi connectivity index (χ4n) is 1.49. The Morgan fingerprint density at radius 1 is 1.33 bits per heavy atom. The zero-order chi connectivity index (χ0) is 13.1. The normalized spacial score (nSPS) is 12.6. The van der Waals surface area contributed by atoms with Crippen molar-refractivity contribution in [2.75, 3.05) is 5.75 Å². The van der Waals surface area contributed by atoms with E-state index in [-0.39, 0.29) is 0 Å². The first kappa shape index (κ1) is 14.0. The number of benzene rings is 1. The highest BCUT2D eigenvalue weighted by molar-refractivity contribution is 7.85. The molecule has 0 amide bonds. The van der Waals surface area contributed by atoms with Gasteiger partial charge >= 0.3 is 0 Å². The van der Waals surface area contributed by atoms with E-state index in [0.717, 1.165) is 12.1 Å². The number of nitrogens with zero attached hydrogens (tertiary/aromatic N) is 1. The van der Waals surface area contributed by atoms with Gasteiger partial charge in [-0.1, -0.05) is 23.2 Å². The molecular formula is C12H11Cl2NOS2. The molecule has 1 aromatic carbocycles. The fraction of sp³-hybridized carbons (Fsp3) is 0.250. The van der Waals surface area contributed by atoms with Crippen molar-refractivity contribution in [1.29, 1.82) is 0 Å². The van der Waals surface area contributed by atoms with Gasteiger partial charge in [-0.2, -0.15) is 0 Å². The lowest BCUT2D eigenvalue weighted by molar-refractivity contribution is 0.682. The van der Waals surface area contributed by atoms with Gasteiger partial charge in [-0.15, -0.1) is 11.3 Å². The molecule has 1 unspecified atom stereocenters. The molecule has 0 spiro atoms. The van der Waals surface area contributed by atoms with Gasteiger partial charge in [0, 0.05) is 15.5 Å². The molecule has 0 aliphatic carbocycles. The van der Waals surface area contributed by atoms with Crippen molar-refractivity contribution in [2.24, 2.45) is 0 Å². The first-order valence-corrected chi connectivity index (χ1v) is 8.26. The summed E-state index contributed by atoms with van der Waals surface area (Å²) in [5.74, 6) is 0.570. The van der Waals surface area contributed by atoms with Crippen LogP contribution in [0.2, 0.25) is 10.0 Å². The van der Waals surface area contributed by atoms with E-state index in [1.807, 2.05) is 12.4 Å². The standard InChI is InChI=1S/C12H11Cl2NOS2/c1-8-12(17-7-15-8)4-5-18(16)9-2-3-10(13)11(14)6-9/h2-3,6-7H,4-5H2,1H3. The van der Waals surface area contributed by atoms with Crippen LogP contribution in [-0.4, -0.2) is 14.9 Å². The zero-order valence-electron chi connectivity index (χ0n) is 9.65. The summed E-state index contributed by atoms with van der Waals surface area (Å²) in [4.78, 5) is 6.07. The minimum atomic E-state index is -1.06. The highest BCUT2D eigenvalue weighted by atomic mass is 35.5. The average Bonchev–Trinajstić information content (AvgIpc) is 2.75. The second-order valence-electron chi connectivity index (χ2n) is 3.74. The van der Waals surface area contributed by atoms with E-state index in [9.17, 15) is 4.21 Å². The van der Waals surface area contributed by atoms with Crippen molar-refractivity contribution in [1.82, 2.24) is 4.98 Å². The van der Waals surface area contributed by atoms with Crippen molar-refractivity contribution >= 4 is 45.3 Å². The summed E-state index contributed by atoms with van der Waals surface area (Å²) in [7, 11) is -1.06. The van der Waals surface area contributed by atoms with Crippen molar-refractivity contribution in [3.63, 3.8) is 0 Å². The van der Waals surface area contributed by atoms with Crippen LogP contribution in [0.15, 0.2) is 28.6 Å². The predicted octanol–water partition coefficient (Wildman–Crippen LogP) is 4.11.